The Hall–Kier alpha value is -2.55. The van der Waals surface area contributed by atoms with Gasteiger partial charge in [-0.2, -0.15) is 13.2 Å². The van der Waals surface area contributed by atoms with E-state index < -0.39 is 17.7 Å². The number of thioether (sulfide) groups is 1. The van der Waals surface area contributed by atoms with Crippen molar-refractivity contribution in [1.29, 1.82) is 0 Å². The van der Waals surface area contributed by atoms with Crippen LogP contribution < -0.4 is 15.5 Å². The van der Waals surface area contributed by atoms with Crippen molar-refractivity contribution in [3.05, 3.63) is 53.1 Å². The summed E-state index contributed by atoms with van der Waals surface area (Å²) in [6.07, 6.45) is -0.659. The van der Waals surface area contributed by atoms with Gasteiger partial charge in [-0.05, 0) is 72.7 Å². The average Bonchev–Trinajstić information content (AvgIpc) is 2.79. The molecule has 5 nitrogen and oxygen atoms in total. The van der Waals surface area contributed by atoms with Crippen molar-refractivity contribution in [3.8, 4) is 0 Å². The lowest BCUT2D eigenvalue weighted by Crippen LogP contribution is -2.35. The van der Waals surface area contributed by atoms with Gasteiger partial charge in [0.15, 0.2) is 0 Å². The molecule has 0 atom stereocenters. The highest BCUT2D eigenvalue weighted by Gasteiger charge is 2.32. The summed E-state index contributed by atoms with van der Waals surface area (Å²) in [5, 5.41) is 8.79. The number of benzene rings is 2. The Morgan fingerprint density at radius 3 is 2.53 bits per heavy atom. The van der Waals surface area contributed by atoms with Gasteiger partial charge in [0.05, 0.1) is 22.7 Å². The molecule has 9 heteroatoms. The van der Waals surface area contributed by atoms with Crippen molar-refractivity contribution in [2.24, 2.45) is 5.92 Å². The zero-order valence-electron chi connectivity index (χ0n) is 19.0. The smallest absolute Gasteiger partial charge is 0.416 e. The number of nitrogen functional groups attached to an aromatic ring is 1. The van der Waals surface area contributed by atoms with Gasteiger partial charge in [0.25, 0.3) is 0 Å². The van der Waals surface area contributed by atoms with E-state index in [0.29, 0.717) is 30.4 Å². The first-order valence-corrected chi connectivity index (χ1v) is 12.7. The number of carboxylic acids is 1. The molecule has 0 unspecified atom stereocenters. The minimum atomic E-state index is -4.35. The quantitative estimate of drug-likeness (QED) is 0.512. The normalized spacial score (nSPS) is 17.0. The molecular weight excluding hydrogens is 463 g/mol. The average molecular weight is 494 g/mol. The van der Waals surface area contributed by atoms with Crippen LogP contribution in [0.25, 0.3) is 0 Å². The highest BCUT2D eigenvalue weighted by atomic mass is 32.2. The van der Waals surface area contributed by atoms with Gasteiger partial charge in [0, 0.05) is 31.9 Å². The highest BCUT2D eigenvalue weighted by Crippen LogP contribution is 2.37. The second-order valence-electron chi connectivity index (χ2n) is 9.10. The van der Waals surface area contributed by atoms with Crippen LogP contribution in [0.5, 0.6) is 0 Å². The van der Waals surface area contributed by atoms with Crippen molar-refractivity contribution in [1.82, 2.24) is 0 Å². The van der Waals surface area contributed by atoms with E-state index in [2.05, 4.69) is 4.90 Å². The molecule has 2 aromatic carbocycles. The minimum Gasteiger partial charge on any atom is -0.481 e. The van der Waals surface area contributed by atoms with E-state index in [0.717, 1.165) is 61.3 Å². The largest absolute Gasteiger partial charge is 0.481 e. The lowest BCUT2D eigenvalue weighted by Gasteiger charge is -2.35. The topological polar surface area (TPSA) is 69.8 Å². The Morgan fingerprint density at radius 1 is 1.09 bits per heavy atom. The summed E-state index contributed by atoms with van der Waals surface area (Å²) < 4.78 is 39.7. The molecule has 184 valence electrons. The Morgan fingerprint density at radius 2 is 1.85 bits per heavy atom. The first kappa shape index (κ1) is 24.6. The molecule has 2 aliphatic heterocycles. The van der Waals surface area contributed by atoms with E-state index in [-0.39, 0.29) is 5.75 Å². The Kier molecular flexibility index (Phi) is 7.50. The van der Waals surface area contributed by atoms with E-state index in [9.17, 15) is 18.0 Å². The minimum absolute atomic E-state index is 0.146. The summed E-state index contributed by atoms with van der Waals surface area (Å²) in [4.78, 5) is 15.0. The number of hydrogen-bond donors (Lipinski definition) is 2. The summed E-state index contributed by atoms with van der Waals surface area (Å²) in [5.41, 5.74) is 10.0. The number of aryl methyl sites for hydroxylation is 1. The molecule has 0 amide bonds. The maximum Gasteiger partial charge on any atom is 0.416 e. The molecule has 0 saturated carbocycles. The SMILES string of the molecule is Nc1cc(CN2CCCc3ccc(C(F)(F)F)cc32)ccc1N1CCC(CSCC(=O)O)CC1. The van der Waals surface area contributed by atoms with E-state index in [1.807, 2.05) is 23.1 Å². The maximum atomic E-state index is 13.2. The van der Waals surface area contributed by atoms with Gasteiger partial charge in [0.1, 0.15) is 0 Å². The van der Waals surface area contributed by atoms with Crippen molar-refractivity contribution in [2.45, 2.75) is 38.4 Å². The molecule has 1 saturated heterocycles. The van der Waals surface area contributed by atoms with Crippen LogP contribution in [-0.2, 0) is 23.9 Å². The Balaban J connectivity index is 1.40. The summed E-state index contributed by atoms with van der Waals surface area (Å²) in [5.74, 6) is 0.751. The molecule has 0 spiro atoms. The standard InChI is InChI=1S/C25H30F3N3O2S/c26-25(27,28)20-5-4-19-2-1-9-31(23(19)13-20)14-18-3-6-22(21(29)12-18)30-10-7-17(8-11-30)15-34-16-24(32)33/h3-6,12-13,17H,1-2,7-11,14-16,29H2,(H,32,33). The lowest BCUT2D eigenvalue weighted by molar-refractivity contribution is -0.137. The monoisotopic (exact) mass is 493 g/mol. The number of aliphatic carboxylic acids is 1. The fourth-order valence-corrected chi connectivity index (χ4v) is 5.81. The molecule has 3 N–H and O–H groups in total. The molecule has 1 fully saturated rings. The van der Waals surface area contributed by atoms with Gasteiger partial charge in [0.2, 0.25) is 0 Å². The number of alkyl halides is 3. The number of rotatable bonds is 7. The molecule has 0 bridgehead atoms. The molecule has 2 aromatic rings. The number of carboxylic acid groups (broad SMARTS) is 1. The first-order valence-electron chi connectivity index (χ1n) is 11.6. The second-order valence-corrected chi connectivity index (χ2v) is 10.1. The van der Waals surface area contributed by atoms with Crippen molar-refractivity contribution in [3.63, 3.8) is 0 Å². The first-order chi connectivity index (χ1) is 16.2. The van der Waals surface area contributed by atoms with E-state index in [1.165, 1.54) is 23.9 Å². The number of anilines is 3. The van der Waals surface area contributed by atoms with Crippen LogP contribution in [0.15, 0.2) is 36.4 Å². The van der Waals surface area contributed by atoms with Crippen molar-refractivity contribution in [2.75, 3.05) is 46.7 Å². The van der Waals surface area contributed by atoms with Crippen LogP contribution in [0.3, 0.4) is 0 Å². The fraction of sp³-hybridized carbons (Fsp3) is 0.480. The number of nitrogens with two attached hydrogens (primary N) is 1. The van der Waals surface area contributed by atoms with Gasteiger partial charge in [-0.1, -0.05) is 12.1 Å². The third-order valence-electron chi connectivity index (χ3n) is 6.63. The summed E-state index contributed by atoms with van der Waals surface area (Å²) in [7, 11) is 0. The third kappa shape index (κ3) is 5.92. The summed E-state index contributed by atoms with van der Waals surface area (Å²) >= 11 is 1.47. The van der Waals surface area contributed by atoms with Gasteiger partial charge in [-0.3, -0.25) is 4.79 Å². The van der Waals surface area contributed by atoms with Crippen LogP contribution in [0.2, 0.25) is 0 Å². The summed E-state index contributed by atoms with van der Waals surface area (Å²) in [6.45, 7) is 2.98. The molecular formula is C25H30F3N3O2S. The highest BCUT2D eigenvalue weighted by molar-refractivity contribution is 7.99. The Bertz CT molecular complexity index is 1020. The van der Waals surface area contributed by atoms with Crippen LogP contribution in [0.4, 0.5) is 30.2 Å². The number of halogens is 3. The predicted molar refractivity (Wildman–Crippen MR) is 132 cm³/mol. The molecule has 0 aromatic heterocycles. The van der Waals surface area contributed by atoms with Crippen molar-refractivity contribution < 1.29 is 23.1 Å². The molecule has 2 heterocycles. The zero-order chi connectivity index (χ0) is 24.3. The van der Waals surface area contributed by atoms with Crippen LogP contribution in [-0.4, -0.2) is 42.2 Å². The van der Waals surface area contributed by atoms with Crippen LogP contribution in [0, 0.1) is 5.92 Å². The molecule has 0 aliphatic carbocycles. The van der Waals surface area contributed by atoms with Gasteiger partial charge >= 0.3 is 12.1 Å². The molecule has 34 heavy (non-hydrogen) atoms. The second kappa shape index (κ2) is 10.4. The van der Waals surface area contributed by atoms with Crippen LogP contribution in [0.1, 0.15) is 36.0 Å². The predicted octanol–water partition coefficient (Wildman–Crippen LogP) is 5.27. The maximum absolute atomic E-state index is 13.2. The number of fused-ring (bicyclic) bond motifs is 1. The van der Waals surface area contributed by atoms with Crippen LogP contribution >= 0.6 is 11.8 Å². The molecule has 0 radical (unpaired) electrons. The van der Waals surface area contributed by atoms with Gasteiger partial charge < -0.3 is 20.6 Å². The van der Waals surface area contributed by atoms with E-state index in [4.69, 9.17) is 10.8 Å². The van der Waals surface area contributed by atoms with Gasteiger partial charge in [-0.15, -0.1) is 11.8 Å². The lowest BCUT2D eigenvalue weighted by atomic mass is 9.97. The molecule has 2 aliphatic rings. The number of hydrogen-bond acceptors (Lipinski definition) is 5. The Labute approximate surface area is 202 Å². The number of nitrogens with zero attached hydrogens (tertiary/aromatic N) is 2. The van der Waals surface area contributed by atoms with Gasteiger partial charge in [-0.25, -0.2) is 0 Å². The fourth-order valence-electron chi connectivity index (χ4n) is 4.86. The van der Waals surface area contributed by atoms with E-state index >= 15 is 0 Å². The number of piperidine rings is 1. The third-order valence-corrected chi connectivity index (χ3v) is 7.79. The van der Waals surface area contributed by atoms with E-state index in [1.54, 1.807) is 6.07 Å². The number of carbonyl (C=O) groups is 1. The summed E-state index contributed by atoms with van der Waals surface area (Å²) in [6, 6.07) is 10.0. The zero-order valence-corrected chi connectivity index (χ0v) is 19.8. The van der Waals surface area contributed by atoms with Crippen molar-refractivity contribution >= 4 is 34.8 Å². The molecule has 4 rings (SSSR count).